The molecule has 7 aromatic carbocycles. The van der Waals surface area contributed by atoms with Crippen molar-refractivity contribution >= 4 is 58.3 Å². The third kappa shape index (κ3) is 28.6. The monoisotopic (exact) mass is 1740 g/mol. The number of rotatable bonds is 6. The lowest BCUT2D eigenvalue weighted by Crippen LogP contribution is -2.43. The number of likely N-dealkylation sites (N-methyl/N-ethyl adjacent to an activating group) is 2. The van der Waals surface area contributed by atoms with Gasteiger partial charge in [0.25, 0.3) is 0 Å². The van der Waals surface area contributed by atoms with Crippen molar-refractivity contribution in [3.8, 4) is 79.8 Å². The van der Waals surface area contributed by atoms with Crippen molar-refractivity contribution in [3.05, 3.63) is 296 Å². The minimum atomic E-state index is -0.127. The lowest BCUT2D eigenvalue weighted by molar-refractivity contribution is 0.0564. The highest BCUT2D eigenvalue weighted by Crippen LogP contribution is 2.33. The maximum absolute atomic E-state index is 12.9. The van der Waals surface area contributed by atoms with Crippen LogP contribution in [-0.2, 0) is 30.8 Å². The SMILES string of the molecule is C1=C/CCOc2cccc(c2)-c2ccnc(n2)Nc2cccc(c2)CCC/1.CN1C/C=C/CCOc2cccc(c2)-c2ccnc(n2)Nc2cc(cc(NC(=O)N3CCOCC3)c2)C1.CN1C/C=C/CCOc2cncc(c2)-c2ccnc(n2)Nc2cccc(c2)C1.N#CCN1C/C=C/CCOc2cccc(c2)-c2ccnc(n2)Nc2ccc(OCCN3CCCC3)c(c2)C1. The second-order valence-electron chi connectivity index (χ2n) is 32.2. The van der Waals surface area contributed by atoms with Crippen molar-refractivity contribution in [2.45, 2.75) is 77.4 Å². The number of nitriles is 1. The number of nitrogens with one attached hydrogen (secondary N) is 5. The van der Waals surface area contributed by atoms with Gasteiger partial charge in [-0.1, -0.05) is 109 Å². The Balaban J connectivity index is 0.000000134. The van der Waals surface area contributed by atoms with Crippen LogP contribution in [0.25, 0.3) is 45.0 Å². The number of benzene rings is 7. The Hall–Kier alpha value is -14.3. The molecule has 5 aromatic heterocycles. The Labute approximate surface area is 761 Å². The molecule has 6 aliphatic rings. The number of anilines is 9. The van der Waals surface area contributed by atoms with Gasteiger partial charge in [-0.25, -0.2) is 44.7 Å². The van der Waals surface area contributed by atoms with Crippen LogP contribution in [0.3, 0.4) is 0 Å². The van der Waals surface area contributed by atoms with Gasteiger partial charge in [0, 0.05) is 146 Å². The Kier molecular flexibility index (Phi) is 33.5. The zero-order valence-electron chi connectivity index (χ0n) is 73.8. The molecule has 27 nitrogen and oxygen atoms in total. The normalized spacial score (nSPS) is 16.8. The number of hydrogen-bond donors (Lipinski definition) is 5. The fraction of sp³-hybridized carbons (Fsp3) is 0.291. The van der Waals surface area contributed by atoms with E-state index in [-0.39, 0.29) is 6.03 Å². The van der Waals surface area contributed by atoms with E-state index in [2.05, 4.69) is 192 Å². The molecule has 27 heteroatoms. The van der Waals surface area contributed by atoms with Gasteiger partial charge in [0.1, 0.15) is 35.4 Å². The highest BCUT2D eigenvalue weighted by atomic mass is 16.5. The summed E-state index contributed by atoms with van der Waals surface area (Å²) in [6, 6.07) is 64.5. The average molecular weight is 1740 g/mol. The van der Waals surface area contributed by atoms with Crippen LogP contribution in [0.2, 0.25) is 0 Å². The van der Waals surface area contributed by atoms with E-state index in [0.29, 0.717) is 109 Å². The highest BCUT2D eigenvalue weighted by Gasteiger charge is 2.21. The second-order valence-corrected chi connectivity index (χ2v) is 32.2. The zero-order chi connectivity index (χ0) is 88.9. The summed E-state index contributed by atoms with van der Waals surface area (Å²) in [5, 5.41) is 25.8. The zero-order valence-corrected chi connectivity index (χ0v) is 73.8. The van der Waals surface area contributed by atoms with Gasteiger partial charge in [0.15, 0.2) is 0 Å². The Bertz CT molecular complexity index is 5850. The first-order chi connectivity index (χ1) is 64.0. The predicted molar refractivity (Wildman–Crippen MR) is 513 cm³/mol. The third-order valence-electron chi connectivity index (χ3n) is 21.9. The molecule has 2 saturated heterocycles. The number of nitrogens with zero attached hydrogens (tertiary/aromatic N) is 15. The summed E-state index contributed by atoms with van der Waals surface area (Å²) < 4.78 is 35.3. The minimum absolute atomic E-state index is 0.127. The number of fused-ring (bicyclic) bond motifs is 28. The summed E-state index contributed by atoms with van der Waals surface area (Å²) in [4.78, 5) is 64.3. The molecule has 0 atom stereocenters. The van der Waals surface area contributed by atoms with E-state index in [1.807, 2.05) is 146 Å². The summed E-state index contributed by atoms with van der Waals surface area (Å²) in [5.74, 6) is 6.21. The van der Waals surface area contributed by atoms with Crippen molar-refractivity contribution in [2.24, 2.45) is 0 Å². The number of likely N-dealkylation sites (tertiary alicyclic amines) is 1. The third-order valence-corrected chi connectivity index (χ3v) is 21.9. The van der Waals surface area contributed by atoms with E-state index < -0.39 is 0 Å². The number of carbonyl (C=O) groups excluding carboxylic acids is 1. The molecule has 12 aromatic rings. The van der Waals surface area contributed by atoms with E-state index in [1.165, 1.54) is 24.0 Å². The number of pyridine rings is 1. The van der Waals surface area contributed by atoms with E-state index in [4.69, 9.17) is 38.4 Å². The maximum Gasteiger partial charge on any atom is 0.322 e. The van der Waals surface area contributed by atoms with Crippen LogP contribution in [0.1, 0.15) is 73.6 Å². The van der Waals surface area contributed by atoms with E-state index >= 15 is 0 Å². The molecule has 130 heavy (non-hydrogen) atoms. The van der Waals surface area contributed by atoms with Gasteiger partial charge < -0.3 is 59.9 Å². The Morgan fingerprint density at radius 2 is 0.908 bits per heavy atom. The quantitative estimate of drug-likeness (QED) is 0.0763. The molecule has 5 N–H and O–H groups in total. The summed E-state index contributed by atoms with van der Waals surface area (Å²) in [6.07, 6.45) is 37.1. The molecule has 2 amide bonds. The van der Waals surface area contributed by atoms with Crippen LogP contribution in [0, 0.1) is 11.3 Å². The molecule has 11 heterocycles. The first kappa shape index (κ1) is 90.5. The molecular weight excluding hydrogens is 1630 g/mol. The average Bonchev–Trinajstić information content (AvgIpc) is 1.31. The molecule has 24 bridgehead atoms. The number of amides is 2. The summed E-state index contributed by atoms with van der Waals surface area (Å²) >= 11 is 0. The summed E-state index contributed by atoms with van der Waals surface area (Å²) in [5.41, 5.74) is 16.1. The van der Waals surface area contributed by atoms with Gasteiger partial charge in [-0.15, -0.1) is 0 Å². The molecule has 0 radical (unpaired) electrons. The number of ether oxygens (including phenoxy) is 6. The van der Waals surface area contributed by atoms with E-state index in [0.717, 1.165) is 198 Å². The smallest absolute Gasteiger partial charge is 0.322 e. The summed E-state index contributed by atoms with van der Waals surface area (Å²) in [6.45, 7) is 13.5. The van der Waals surface area contributed by atoms with Crippen molar-refractivity contribution in [1.82, 2.24) is 69.4 Å². The lowest BCUT2D eigenvalue weighted by atomic mass is 10.1. The molecule has 0 spiro atoms. The molecule has 666 valence electrons. The molecule has 0 saturated carbocycles. The van der Waals surface area contributed by atoms with Gasteiger partial charge in [-0.05, 0) is 229 Å². The Morgan fingerprint density at radius 3 is 1.48 bits per heavy atom. The number of hydrogen-bond acceptors (Lipinski definition) is 25. The van der Waals surface area contributed by atoms with Gasteiger partial charge in [-0.2, -0.15) is 5.26 Å². The Morgan fingerprint density at radius 1 is 0.431 bits per heavy atom. The number of morpholine rings is 1. The topological polar surface area (TPSA) is 289 Å². The fourth-order valence-electron chi connectivity index (χ4n) is 15.4. The molecule has 6 aliphatic heterocycles. The van der Waals surface area contributed by atoms with Crippen LogP contribution >= 0.6 is 0 Å². The maximum atomic E-state index is 12.9. The largest absolute Gasteiger partial charge is 0.493 e. The van der Waals surface area contributed by atoms with Crippen molar-refractivity contribution < 1.29 is 33.2 Å². The van der Waals surface area contributed by atoms with Crippen molar-refractivity contribution in [2.75, 3.05) is 146 Å². The van der Waals surface area contributed by atoms with Gasteiger partial charge in [-0.3, -0.25) is 24.6 Å². The van der Waals surface area contributed by atoms with Gasteiger partial charge >= 0.3 is 6.03 Å². The van der Waals surface area contributed by atoms with E-state index in [1.54, 1.807) is 42.1 Å². The molecule has 0 aliphatic carbocycles. The lowest BCUT2D eigenvalue weighted by Gasteiger charge is -2.27. The van der Waals surface area contributed by atoms with Gasteiger partial charge in [0.2, 0.25) is 23.8 Å². The standard InChI is InChI=1S/C30H34N6O2.C28H32N6O3.C23H23N3O.C22H23N5O/c31-12-17-36-16-2-1-5-19-37-27-8-6-7-24(22-27)28-11-13-32-30(34-28)33-26-9-10-29(25(21-26)23-36)38-20-18-35-14-3-4-15-35;1-33-10-3-2-4-13-37-25-7-5-6-22(18-25)26-8-9-29-27(32-26)30-23-16-21(20-33)17-24(19-23)31-28(35)34-11-14-36-15-12-34;1-2-4-8-18-9-6-11-20(16-18)25-23-24-14-13-22(26-23)19-10-7-12-21(17-19)27-15-5-3-1;1-27-10-3-2-4-11-28-20-13-18(14-23-15-20)21-8-9-24-22(26-21)25-19-7-5-6-17(12-19)16-27/h1-2,6-11,13,21-22H,3-5,14-20,23H2,(H,32,33,34);2-3,5-9,16-19H,4,10-15,20H2,1H3,(H,31,35)(H,29,30,32);1,3,6-7,9-14,16-17H,2,4-5,8,15H2,(H,24,25,26);2-3,5-9,12-15H,4,10-11,16H2,1H3,(H,24,25,26)/b2-1+;3-2+;3-1+;3-2+. The highest BCUT2D eigenvalue weighted by molar-refractivity contribution is 5.90. The van der Waals surface area contributed by atoms with Crippen LogP contribution in [0.15, 0.2) is 274 Å². The number of aryl methyl sites for hydroxylation is 1. The van der Waals surface area contributed by atoms with Crippen LogP contribution in [0.4, 0.5) is 57.0 Å². The van der Waals surface area contributed by atoms with Crippen LogP contribution in [-0.4, -0.2) is 195 Å². The second kappa shape index (κ2) is 48.1. The fourth-order valence-corrected chi connectivity index (χ4v) is 15.4. The number of aromatic nitrogens is 9. The molecule has 0 unspecified atom stereocenters. The van der Waals surface area contributed by atoms with Crippen molar-refractivity contribution in [3.63, 3.8) is 0 Å². The van der Waals surface area contributed by atoms with E-state index in [9.17, 15) is 10.1 Å². The number of carbonyl (C=O) groups is 1. The number of allylic oxidation sites excluding steroid dienone is 1. The van der Waals surface area contributed by atoms with Crippen LogP contribution in [0.5, 0.6) is 28.7 Å². The van der Waals surface area contributed by atoms with Crippen molar-refractivity contribution in [1.29, 1.82) is 5.26 Å². The van der Waals surface area contributed by atoms with Crippen LogP contribution < -0.4 is 50.3 Å². The summed E-state index contributed by atoms with van der Waals surface area (Å²) in [7, 11) is 4.19. The first-order valence-electron chi connectivity index (χ1n) is 44.7. The number of urea groups is 1. The molecule has 18 rings (SSSR count). The first-order valence-corrected chi connectivity index (χ1v) is 44.7. The molecule has 2 fully saturated rings. The van der Waals surface area contributed by atoms with Gasteiger partial charge in [0.05, 0.1) is 81.2 Å². The predicted octanol–water partition coefficient (Wildman–Crippen LogP) is 19.1. The minimum Gasteiger partial charge on any atom is -0.493 e. The molecular formula is C103H112N20O7.